The van der Waals surface area contributed by atoms with Crippen molar-refractivity contribution in [2.75, 3.05) is 26.1 Å². The molecule has 0 bridgehead atoms. The first kappa shape index (κ1) is 18.9. The fourth-order valence-electron chi connectivity index (χ4n) is 3.36. The van der Waals surface area contributed by atoms with Gasteiger partial charge in [-0.15, -0.1) is 0 Å². The Labute approximate surface area is 159 Å². The number of benzene rings is 2. The van der Waals surface area contributed by atoms with Gasteiger partial charge in [0.05, 0.1) is 25.8 Å². The molecule has 0 saturated carbocycles. The van der Waals surface area contributed by atoms with Crippen molar-refractivity contribution in [3.8, 4) is 5.75 Å². The molecule has 1 fully saturated rings. The predicted octanol–water partition coefficient (Wildman–Crippen LogP) is 3.08. The summed E-state index contributed by atoms with van der Waals surface area (Å²) in [7, 11) is 2.98. The molecule has 1 heterocycles. The molecule has 142 valence electrons. The highest BCUT2D eigenvalue weighted by atomic mass is 16.5. The van der Waals surface area contributed by atoms with Crippen LogP contribution in [-0.4, -0.2) is 43.6 Å². The summed E-state index contributed by atoms with van der Waals surface area (Å²) in [5, 5.41) is 2.98. The van der Waals surface area contributed by atoms with Crippen LogP contribution in [-0.2, 0) is 16.1 Å². The lowest BCUT2D eigenvalue weighted by Gasteiger charge is -2.24. The van der Waals surface area contributed by atoms with E-state index < -0.39 is 0 Å². The van der Waals surface area contributed by atoms with Gasteiger partial charge in [-0.2, -0.15) is 0 Å². The summed E-state index contributed by atoms with van der Waals surface area (Å²) in [5.41, 5.74) is 2.26. The van der Waals surface area contributed by atoms with E-state index in [1.165, 1.54) is 7.11 Å². The molecule has 2 aromatic rings. The molecule has 1 atom stereocenters. The summed E-state index contributed by atoms with van der Waals surface area (Å²) in [4.78, 5) is 26.6. The number of nitrogens with zero attached hydrogens (tertiary/aromatic N) is 1. The van der Waals surface area contributed by atoms with Crippen LogP contribution in [0.4, 0.5) is 5.69 Å². The lowest BCUT2D eigenvalue weighted by atomic mass is 10.1. The van der Waals surface area contributed by atoms with E-state index >= 15 is 0 Å². The smallest absolute Gasteiger partial charge is 0.337 e. The number of rotatable bonds is 6. The molecular weight excluding hydrogens is 344 g/mol. The van der Waals surface area contributed by atoms with Crippen molar-refractivity contribution >= 4 is 17.6 Å². The van der Waals surface area contributed by atoms with Gasteiger partial charge in [-0.3, -0.25) is 9.69 Å². The first-order valence-corrected chi connectivity index (χ1v) is 8.97. The van der Waals surface area contributed by atoms with E-state index in [0.717, 1.165) is 36.4 Å². The normalized spacial score (nSPS) is 16.7. The molecule has 1 N–H and O–H groups in total. The first-order valence-electron chi connectivity index (χ1n) is 8.97. The largest absolute Gasteiger partial charge is 0.497 e. The number of amides is 1. The zero-order valence-corrected chi connectivity index (χ0v) is 15.6. The molecule has 0 aromatic heterocycles. The van der Waals surface area contributed by atoms with Gasteiger partial charge in [0.15, 0.2) is 0 Å². The van der Waals surface area contributed by atoms with E-state index in [4.69, 9.17) is 9.47 Å². The lowest BCUT2D eigenvalue weighted by molar-refractivity contribution is -0.120. The number of ether oxygens (including phenoxy) is 2. The van der Waals surface area contributed by atoms with Crippen molar-refractivity contribution in [1.82, 2.24) is 4.90 Å². The summed E-state index contributed by atoms with van der Waals surface area (Å²) in [6.07, 6.45) is 1.79. The molecular formula is C21H24N2O4. The number of carbonyl (C=O) groups is 2. The third-order valence-corrected chi connectivity index (χ3v) is 4.76. The van der Waals surface area contributed by atoms with Gasteiger partial charge in [-0.25, -0.2) is 4.79 Å². The van der Waals surface area contributed by atoms with Crippen LogP contribution in [0.3, 0.4) is 0 Å². The Bertz CT molecular complexity index is 804. The van der Waals surface area contributed by atoms with Crippen LogP contribution in [0.2, 0.25) is 0 Å². The summed E-state index contributed by atoms with van der Waals surface area (Å²) < 4.78 is 9.92. The highest BCUT2D eigenvalue weighted by Crippen LogP contribution is 2.23. The van der Waals surface area contributed by atoms with Crippen molar-refractivity contribution in [3.05, 3.63) is 59.7 Å². The molecule has 1 saturated heterocycles. The molecule has 27 heavy (non-hydrogen) atoms. The second-order valence-corrected chi connectivity index (χ2v) is 6.54. The van der Waals surface area contributed by atoms with E-state index in [1.807, 2.05) is 42.5 Å². The zero-order valence-electron chi connectivity index (χ0n) is 15.6. The number of hydrogen-bond donors (Lipinski definition) is 1. The van der Waals surface area contributed by atoms with Crippen molar-refractivity contribution in [3.63, 3.8) is 0 Å². The minimum atomic E-state index is -0.355. The fourth-order valence-corrected chi connectivity index (χ4v) is 3.36. The summed E-state index contributed by atoms with van der Waals surface area (Å²) in [6.45, 7) is 1.47. The van der Waals surface area contributed by atoms with Crippen LogP contribution in [0.1, 0.15) is 28.8 Å². The van der Waals surface area contributed by atoms with Crippen LogP contribution in [0, 0.1) is 0 Å². The topological polar surface area (TPSA) is 67.9 Å². The van der Waals surface area contributed by atoms with Crippen molar-refractivity contribution in [1.29, 1.82) is 0 Å². The molecule has 0 aliphatic carbocycles. The maximum absolute atomic E-state index is 12.7. The lowest BCUT2D eigenvalue weighted by Crippen LogP contribution is -2.39. The van der Waals surface area contributed by atoms with Crippen molar-refractivity contribution < 1.29 is 19.1 Å². The van der Waals surface area contributed by atoms with Crippen LogP contribution in [0.5, 0.6) is 5.75 Å². The van der Waals surface area contributed by atoms with Crippen LogP contribution < -0.4 is 10.1 Å². The van der Waals surface area contributed by atoms with E-state index in [2.05, 4.69) is 10.2 Å². The van der Waals surface area contributed by atoms with E-state index in [0.29, 0.717) is 12.1 Å². The van der Waals surface area contributed by atoms with Gasteiger partial charge in [0.25, 0.3) is 0 Å². The fraction of sp³-hybridized carbons (Fsp3) is 0.333. The second-order valence-electron chi connectivity index (χ2n) is 6.54. The van der Waals surface area contributed by atoms with Gasteiger partial charge in [-0.1, -0.05) is 12.1 Å². The van der Waals surface area contributed by atoms with E-state index in [-0.39, 0.29) is 17.9 Å². The molecule has 2 aromatic carbocycles. The van der Waals surface area contributed by atoms with Gasteiger partial charge >= 0.3 is 5.97 Å². The monoisotopic (exact) mass is 368 g/mol. The standard InChI is InChI=1S/C21H24N2O4/c1-26-18-10-8-17(9-11-18)22-20(24)19-7-4-12-23(19)14-15-5-3-6-16(13-15)21(25)27-2/h3,5-6,8-11,13,19H,4,7,12,14H2,1-2H3,(H,22,24)/t19-/m1/s1. The Morgan fingerprint density at radius 1 is 1.15 bits per heavy atom. The Kier molecular flexibility index (Phi) is 6.08. The van der Waals surface area contributed by atoms with Crippen LogP contribution in [0.25, 0.3) is 0 Å². The molecule has 6 heteroatoms. The third-order valence-electron chi connectivity index (χ3n) is 4.76. The maximum atomic E-state index is 12.7. The maximum Gasteiger partial charge on any atom is 0.337 e. The van der Waals surface area contributed by atoms with E-state index in [1.54, 1.807) is 13.2 Å². The summed E-state index contributed by atoms with van der Waals surface area (Å²) >= 11 is 0. The molecule has 0 radical (unpaired) electrons. The third kappa shape index (κ3) is 4.65. The number of anilines is 1. The van der Waals surface area contributed by atoms with Gasteiger partial charge in [-0.05, 0) is 61.3 Å². The number of carbonyl (C=O) groups excluding carboxylic acids is 2. The Morgan fingerprint density at radius 2 is 1.93 bits per heavy atom. The molecule has 1 aliphatic rings. The van der Waals surface area contributed by atoms with Crippen LogP contribution >= 0.6 is 0 Å². The predicted molar refractivity (Wildman–Crippen MR) is 103 cm³/mol. The first-order chi connectivity index (χ1) is 13.1. The van der Waals surface area contributed by atoms with Crippen molar-refractivity contribution in [2.24, 2.45) is 0 Å². The molecule has 1 aliphatic heterocycles. The van der Waals surface area contributed by atoms with Crippen molar-refractivity contribution in [2.45, 2.75) is 25.4 Å². The highest BCUT2D eigenvalue weighted by Gasteiger charge is 2.30. The molecule has 0 unspecified atom stereocenters. The quantitative estimate of drug-likeness (QED) is 0.794. The Hall–Kier alpha value is -2.86. The minimum absolute atomic E-state index is 0.0122. The number of nitrogens with one attached hydrogen (secondary N) is 1. The Morgan fingerprint density at radius 3 is 2.63 bits per heavy atom. The molecule has 0 spiro atoms. The second kappa shape index (κ2) is 8.68. The van der Waals surface area contributed by atoms with Crippen LogP contribution in [0.15, 0.2) is 48.5 Å². The SMILES string of the molecule is COC(=O)c1cccc(CN2CCC[C@@H]2C(=O)Nc2ccc(OC)cc2)c1. The number of esters is 1. The zero-order chi connectivity index (χ0) is 19.2. The summed E-state index contributed by atoms with van der Waals surface area (Å²) in [5.74, 6) is 0.384. The average Bonchev–Trinajstić information content (AvgIpc) is 3.16. The molecule has 3 rings (SSSR count). The summed E-state index contributed by atoms with van der Waals surface area (Å²) in [6, 6.07) is 14.5. The number of methoxy groups -OCH3 is 2. The minimum Gasteiger partial charge on any atom is -0.497 e. The number of hydrogen-bond acceptors (Lipinski definition) is 5. The van der Waals surface area contributed by atoms with E-state index in [9.17, 15) is 9.59 Å². The highest BCUT2D eigenvalue weighted by molar-refractivity contribution is 5.95. The van der Waals surface area contributed by atoms with Gasteiger partial charge < -0.3 is 14.8 Å². The van der Waals surface area contributed by atoms with Gasteiger partial charge in [0, 0.05) is 12.2 Å². The molecule has 1 amide bonds. The number of likely N-dealkylation sites (tertiary alicyclic amines) is 1. The molecule has 6 nitrogen and oxygen atoms in total. The van der Waals surface area contributed by atoms with Gasteiger partial charge in [0.1, 0.15) is 5.75 Å². The Balaban J connectivity index is 1.65. The average molecular weight is 368 g/mol. The van der Waals surface area contributed by atoms with Gasteiger partial charge in [0.2, 0.25) is 5.91 Å².